The molecule has 108 valence electrons. The molecule has 0 saturated carbocycles. The number of aromatic nitrogens is 2. The minimum Gasteiger partial charge on any atom is -0.392 e. The third-order valence-electron chi connectivity index (χ3n) is 2.79. The van der Waals surface area contributed by atoms with Crippen molar-refractivity contribution >= 4 is 6.03 Å². The van der Waals surface area contributed by atoms with Crippen molar-refractivity contribution in [1.82, 2.24) is 20.0 Å². The van der Waals surface area contributed by atoms with E-state index in [1.165, 1.54) is 0 Å². The topological polar surface area (TPSA) is 70.4 Å². The van der Waals surface area contributed by atoms with Gasteiger partial charge in [0.25, 0.3) is 0 Å². The molecule has 0 aliphatic heterocycles. The van der Waals surface area contributed by atoms with Gasteiger partial charge in [-0.3, -0.25) is 4.68 Å². The molecule has 2 amide bonds. The first-order valence-corrected chi connectivity index (χ1v) is 6.60. The molecule has 19 heavy (non-hydrogen) atoms. The van der Waals surface area contributed by atoms with Gasteiger partial charge in [0.15, 0.2) is 0 Å². The number of carbonyl (C=O) groups is 1. The molecule has 0 spiro atoms. The Balaban J connectivity index is 2.39. The maximum atomic E-state index is 12.0. The van der Waals surface area contributed by atoms with Crippen LogP contribution in [0.15, 0.2) is 12.4 Å². The average molecular weight is 268 g/mol. The molecule has 6 nitrogen and oxygen atoms in total. The van der Waals surface area contributed by atoms with Gasteiger partial charge in [-0.25, -0.2) is 4.79 Å². The number of hydrogen-bond acceptors (Lipinski definition) is 3. The molecule has 0 bridgehead atoms. The lowest BCUT2D eigenvalue weighted by atomic mass is 10.2. The van der Waals surface area contributed by atoms with Gasteiger partial charge in [0.1, 0.15) is 0 Å². The van der Waals surface area contributed by atoms with Gasteiger partial charge >= 0.3 is 6.03 Å². The number of carbonyl (C=O) groups excluding carboxylic acids is 1. The minimum absolute atomic E-state index is 0.0630. The smallest absolute Gasteiger partial charge is 0.317 e. The summed E-state index contributed by atoms with van der Waals surface area (Å²) in [6.07, 6.45) is 3.95. The minimum atomic E-state index is -0.522. The quantitative estimate of drug-likeness (QED) is 0.800. The van der Waals surface area contributed by atoms with E-state index < -0.39 is 6.10 Å². The van der Waals surface area contributed by atoms with E-state index in [9.17, 15) is 9.90 Å². The second-order valence-electron chi connectivity index (χ2n) is 5.10. The number of nitrogens with zero attached hydrogens (tertiary/aromatic N) is 3. The van der Waals surface area contributed by atoms with Crippen molar-refractivity contribution in [2.75, 3.05) is 13.1 Å². The van der Waals surface area contributed by atoms with Crippen molar-refractivity contribution in [2.24, 2.45) is 7.05 Å². The number of rotatable bonds is 6. The molecule has 1 heterocycles. The van der Waals surface area contributed by atoms with Gasteiger partial charge in [0.2, 0.25) is 0 Å². The zero-order chi connectivity index (χ0) is 14.4. The SMILES string of the molecule is CC(O)CN(C(=O)NCCc1cnn(C)c1)C(C)C. The predicted molar refractivity (Wildman–Crippen MR) is 73.8 cm³/mol. The molecular weight excluding hydrogens is 244 g/mol. The van der Waals surface area contributed by atoms with E-state index >= 15 is 0 Å². The summed E-state index contributed by atoms with van der Waals surface area (Å²) >= 11 is 0. The number of nitrogens with one attached hydrogen (secondary N) is 1. The highest BCUT2D eigenvalue weighted by atomic mass is 16.3. The van der Waals surface area contributed by atoms with Crippen molar-refractivity contribution in [1.29, 1.82) is 0 Å². The van der Waals surface area contributed by atoms with Gasteiger partial charge in [-0.05, 0) is 32.8 Å². The number of hydrogen-bond donors (Lipinski definition) is 2. The maximum absolute atomic E-state index is 12.0. The molecule has 0 saturated heterocycles. The average Bonchev–Trinajstić information content (AvgIpc) is 2.71. The Morgan fingerprint density at radius 3 is 2.68 bits per heavy atom. The molecule has 0 aliphatic carbocycles. The number of aliphatic hydroxyl groups is 1. The highest BCUT2D eigenvalue weighted by Crippen LogP contribution is 2.01. The Bertz CT molecular complexity index is 401. The summed E-state index contributed by atoms with van der Waals surface area (Å²) in [5.74, 6) is 0. The van der Waals surface area contributed by atoms with Gasteiger partial charge in [-0.2, -0.15) is 5.10 Å². The fourth-order valence-corrected chi connectivity index (χ4v) is 1.83. The van der Waals surface area contributed by atoms with Crippen LogP contribution >= 0.6 is 0 Å². The van der Waals surface area contributed by atoms with Crippen LogP contribution in [-0.2, 0) is 13.5 Å². The van der Waals surface area contributed by atoms with E-state index in [0.717, 1.165) is 12.0 Å². The molecule has 6 heteroatoms. The van der Waals surface area contributed by atoms with E-state index in [0.29, 0.717) is 13.1 Å². The second kappa shape index (κ2) is 7.13. The van der Waals surface area contributed by atoms with Crippen LogP contribution in [0.1, 0.15) is 26.3 Å². The summed E-state index contributed by atoms with van der Waals surface area (Å²) in [5.41, 5.74) is 1.09. The van der Waals surface area contributed by atoms with Crippen LogP contribution in [0.3, 0.4) is 0 Å². The lowest BCUT2D eigenvalue weighted by molar-refractivity contribution is 0.119. The third-order valence-corrected chi connectivity index (χ3v) is 2.79. The summed E-state index contributed by atoms with van der Waals surface area (Å²) in [6, 6.07) is -0.0761. The number of aliphatic hydroxyl groups excluding tert-OH is 1. The monoisotopic (exact) mass is 268 g/mol. The summed E-state index contributed by atoms with van der Waals surface area (Å²) < 4.78 is 1.74. The summed E-state index contributed by atoms with van der Waals surface area (Å²) in [5, 5.41) is 16.3. The van der Waals surface area contributed by atoms with Crippen LogP contribution in [0.4, 0.5) is 4.79 Å². The van der Waals surface area contributed by atoms with Crippen molar-refractivity contribution in [3.8, 4) is 0 Å². The van der Waals surface area contributed by atoms with Crippen LogP contribution in [0.2, 0.25) is 0 Å². The number of urea groups is 1. The maximum Gasteiger partial charge on any atom is 0.317 e. The third kappa shape index (κ3) is 5.30. The first kappa shape index (κ1) is 15.5. The first-order chi connectivity index (χ1) is 8.90. The summed E-state index contributed by atoms with van der Waals surface area (Å²) in [7, 11) is 1.87. The van der Waals surface area contributed by atoms with Gasteiger partial charge < -0.3 is 15.3 Å². The Hall–Kier alpha value is -1.56. The Morgan fingerprint density at radius 2 is 2.21 bits per heavy atom. The van der Waals surface area contributed by atoms with Crippen LogP contribution < -0.4 is 5.32 Å². The van der Waals surface area contributed by atoms with Crippen molar-refractivity contribution < 1.29 is 9.90 Å². The Labute approximate surface area is 114 Å². The van der Waals surface area contributed by atoms with E-state index in [-0.39, 0.29) is 12.1 Å². The van der Waals surface area contributed by atoms with E-state index in [2.05, 4.69) is 10.4 Å². The normalized spacial score (nSPS) is 12.5. The second-order valence-corrected chi connectivity index (χ2v) is 5.10. The van der Waals surface area contributed by atoms with E-state index in [1.54, 1.807) is 22.7 Å². The highest BCUT2D eigenvalue weighted by molar-refractivity contribution is 5.74. The lowest BCUT2D eigenvalue weighted by Gasteiger charge is -2.28. The molecular formula is C13H24N4O2. The molecule has 1 unspecified atom stereocenters. The molecule has 0 fully saturated rings. The molecule has 2 N–H and O–H groups in total. The summed E-state index contributed by atoms with van der Waals surface area (Å²) in [6.45, 7) is 6.45. The Kier molecular flexibility index (Phi) is 5.82. The largest absolute Gasteiger partial charge is 0.392 e. The molecule has 0 radical (unpaired) electrons. The van der Waals surface area contributed by atoms with Crippen LogP contribution in [0, 0.1) is 0 Å². The van der Waals surface area contributed by atoms with E-state index in [4.69, 9.17) is 0 Å². The summed E-state index contributed by atoms with van der Waals surface area (Å²) in [4.78, 5) is 13.6. The first-order valence-electron chi connectivity index (χ1n) is 6.60. The fraction of sp³-hybridized carbons (Fsp3) is 0.692. The fourth-order valence-electron chi connectivity index (χ4n) is 1.83. The van der Waals surface area contributed by atoms with Crippen LogP contribution in [-0.4, -0.2) is 51.1 Å². The van der Waals surface area contributed by atoms with Crippen molar-refractivity contribution in [2.45, 2.75) is 39.3 Å². The predicted octanol–water partition coefficient (Wildman–Crippen LogP) is 0.763. The molecule has 0 aliphatic rings. The van der Waals surface area contributed by atoms with Gasteiger partial charge in [-0.1, -0.05) is 0 Å². The molecule has 1 aromatic rings. The van der Waals surface area contributed by atoms with Crippen LogP contribution in [0.5, 0.6) is 0 Å². The Morgan fingerprint density at radius 1 is 1.53 bits per heavy atom. The molecule has 1 aromatic heterocycles. The van der Waals surface area contributed by atoms with Gasteiger partial charge in [-0.15, -0.1) is 0 Å². The zero-order valence-corrected chi connectivity index (χ0v) is 12.1. The zero-order valence-electron chi connectivity index (χ0n) is 12.1. The molecule has 1 rings (SSSR count). The number of amides is 2. The molecule has 0 aromatic carbocycles. The van der Waals surface area contributed by atoms with Crippen LogP contribution in [0.25, 0.3) is 0 Å². The van der Waals surface area contributed by atoms with Gasteiger partial charge in [0.05, 0.1) is 12.3 Å². The number of aryl methyl sites for hydroxylation is 1. The molecule has 1 atom stereocenters. The highest BCUT2D eigenvalue weighted by Gasteiger charge is 2.17. The van der Waals surface area contributed by atoms with Crippen molar-refractivity contribution in [3.63, 3.8) is 0 Å². The lowest BCUT2D eigenvalue weighted by Crippen LogP contribution is -2.47. The van der Waals surface area contributed by atoms with Crippen molar-refractivity contribution in [3.05, 3.63) is 18.0 Å². The van der Waals surface area contributed by atoms with E-state index in [1.807, 2.05) is 27.1 Å². The standard InChI is InChI=1S/C13H24N4O2/c1-10(2)17(8-11(3)18)13(19)14-6-5-12-7-15-16(4)9-12/h7,9-11,18H,5-6,8H2,1-4H3,(H,14,19). The van der Waals surface area contributed by atoms with Gasteiger partial charge in [0, 0.05) is 32.4 Å².